The number of carbonyl (C=O) groups excluding carboxylic acids is 2. The Balaban J connectivity index is 2.39. The summed E-state index contributed by atoms with van der Waals surface area (Å²) in [4.78, 5) is 36.3. The number of nitrogens with zero attached hydrogens (tertiary/aromatic N) is 2. The molecule has 0 N–H and O–H groups in total. The second kappa shape index (κ2) is 7.02. The van der Waals surface area contributed by atoms with E-state index in [2.05, 4.69) is 0 Å². The molecule has 1 atom stereocenters. The Bertz CT molecular complexity index is 866. The number of hydrogen-bond acceptors (Lipinski definition) is 7. The summed E-state index contributed by atoms with van der Waals surface area (Å²) in [5, 5.41) is 20.3. The van der Waals surface area contributed by atoms with Crippen LogP contribution in [-0.2, 0) is 0 Å². The molecule has 1 aromatic carbocycles. The van der Waals surface area contributed by atoms with Crippen LogP contribution in [0.5, 0.6) is 5.75 Å². The smallest absolute Gasteiger partial charge is 0.311 e. The molecule has 0 aliphatic rings. The zero-order valence-corrected chi connectivity index (χ0v) is 13.6. The third kappa shape index (κ3) is 3.31. The van der Waals surface area contributed by atoms with Crippen molar-refractivity contribution in [2.45, 2.75) is 6.92 Å². The van der Waals surface area contributed by atoms with Crippen molar-refractivity contribution in [1.29, 1.82) is 5.26 Å². The Hall–Kier alpha value is -3.05. The molecule has 122 valence electrons. The van der Waals surface area contributed by atoms with Crippen LogP contribution in [0.15, 0.2) is 30.3 Å². The highest BCUT2D eigenvalue weighted by Crippen LogP contribution is 2.29. The van der Waals surface area contributed by atoms with E-state index in [4.69, 9.17) is 4.74 Å². The Labute approximate surface area is 141 Å². The maximum absolute atomic E-state index is 12.5. The van der Waals surface area contributed by atoms with Crippen LogP contribution in [0.1, 0.15) is 24.9 Å². The molecule has 7 nitrogen and oxygen atoms in total. The summed E-state index contributed by atoms with van der Waals surface area (Å²) in [5.41, 5.74) is -0.491. The van der Waals surface area contributed by atoms with Crippen molar-refractivity contribution in [3.8, 4) is 11.8 Å². The molecule has 0 aliphatic heterocycles. The number of nitro benzene ring substituents is 1. The predicted octanol–water partition coefficient (Wildman–Crippen LogP) is 3.18. The molecular formula is C16H12N2O5S. The number of ketones is 2. The molecule has 1 heterocycles. The van der Waals surface area contributed by atoms with E-state index >= 15 is 0 Å². The summed E-state index contributed by atoms with van der Waals surface area (Å²) in [6, 6.07) is 8.53. The largest absolute Gasteiger partial charge is 0.490 e. The minimum atomic E-state index is -1.55. The van der Waals surface area contributed by atoms with Crippen LogP contribution in [0.2, 0.25) is 0 Å². The predicted molar refractivity (Wildman–Crippen MR) is 86.5 cm³/mol. The van der Waals surface area contributed by atoms with E-state index in [0.717, 1.165) is 10.9 Å². The lowest BCUT2D eigenvalue weighted by atomic mass is 9.94. The minimum absolute atomic E-state index is 0.00901. The number of carbonyl (C=O) groups is 2. The maximum atomic E-state index is 12.5. The van der Waals surface area contributed by atoms with Gasteiger partial charge in [0.1, 0.15) is 0 Å². The SMILES string of the molecule is COc1ccc(C(=O)[C@H](C#N)C(=O)c2ccc(C)s2)cc1[N+](=O)[O-]. The van der Waals surface area contributed by atoms with Crippen molar-refractivity contribution in [1.82, 2.24) is 0 Å². The van der Waals surface area contributed by atoms with Gasteiger partial charge < -0.3 is 4.74 Å². The van der Waals surface area contributed by atoms with Crippen LogP contribution in [-0.4, -0.2) is 23.6 Å². The Morgan fingerprint density at radius 1 is 1.29 bits per heavy atom. The van der Waals surface area contributed by atoms with Gasteiger partial charge in [-0.15, -0.1) is 11.3 Å². The molecule has 0 saturated carbocycles. The molecule has 0 amide bonds. The van der Waals surface area contributed by atoms with Gasteiger partial charge in [0, 0.05) is 16.5 Å². The van der Waals surface area contributed by atoms with Gasteiger partial charge >= 0.3 is 5.69 Å². The van der Waals surface area contributed by atoms with Gasteiger partial charge in [-0.25, -0.2) is 0 Å². The molecule has 0 unspecified atom stereocenters. The fraction of sp³-hybridized carbons (Fsp3) is 0.188. The van der Waals surface area contributed by atoms with Gasteiger partial charge in [0.2, 0.25) is 0 Å². The fourth-order valence-electron chi connectivity index (χ4n) is 2.10. The molecule has 8 heteroatoms. The van der Waals surface area contributed by atoms with Gasteiger partial charge in [-0.2, -0.15) is 5.26 Å². The molecule has 0 saturated heterocycles. The Morgan fingerprint density at radius 3 is 2.50 bits per heavy atom. The summed E-state index contributed by atoms with van der Waals surface area (Å²) < 4.78 is 4.86. The van der Waals surface area contributed by atoms with Crippen molar-refractivity contribution in [2.75, 3.05) is 7.11 Å². The normalized spacial score (nSPS) is 11.4. The molecule has 24 heavy (non-hydrogen) atoms. The van der Waals surface area contributed by atoms with Gasteiger partial charge in [0.15, 0.2) is 23.2 Å². The lowest BCUT2D eigenvalue weighted by molar-refractivity contribution is -0.385. The number of benzene rings is 1. The maximum Gasteiger partial charge on any atom is 0.311 e. The van der Waals surface area contributed by atoms with E-state index in [1.54, 1.807) is 25.1 Å². The number of thiophene rings is 1. The summed E-state index contributed by atoms with van der Waals surface area (Å²) in [6.07, 6.45) is 0. The van der Waals surface area contributed by atoms with Crippen molar-refractivity contribution in [2.24, 2.45) is 5.92 Å². The number of Topliss-reactive ketones (excluding diaryl/α,β-unsaturated/α-hetero) is 2. The van der Waals surface area contributed by atoms with Crippen molar-refractivity contribution >= 4 is 28.6 Å². The van der Waals surface area contributed by atoms with Crippen LogP contribution < -0.4 is 4.74 Å². The van der Waals surface area contributed by atoms with Gasteiger partial charge in [-0.1, -0.05) is 0 Å². The standard InChI is InChI=1S/C16H12N2O5S/c1-9-3-6-14(24-9)16(20)11(8-17)15(19)10-4-5-13(23-2)12(7-10)18(21)22/h3-7,11H,1-2H3/t11-/m0/s1. The number of rotatable bonds is 6. The number of nitro groups is 1. The minimum Gasteiger partial charge on any atom is -0.490 e. The number of aryl methyl sites for hydroxylation is 1. The first kappa shape index (κ1) is 17.3. The second-order valence-electron chi connectivity index (χ2n) is 4.84. The van der Waals surface area contributed by atoms with Crippen LogP contribution >= 0.6 is 11.3 Å². The second-order valence-corrected chi connectivity index (χ2v) is 6.13. The quantitative estimate of drug-likeness (QED) is 0.344. The number of nitriles is 1. The molecule has 2 aromatic rings. The zero-order valence-electron chi connectivity index (χ0n) is 12.8. The van der Waals surface area contributed by atoms with Crippen molar-refractivity contribution < 1.29 is 19.2 Å². The van der Waals surface area contributed by atoms with Crippen LogP contribution in [0.4, 0.5) is 5.69 Å². The lowest BCUT2D eigenvalue weighted by Crippen LogP contribution is -2.22. The van der Waals surface area contributed by atoms with Crippen LogP contribution in [0, 0.1) is 34.3 Å². The lowest BCUT2D eigenvalue weighted by Gasteiger charge is -2.08. The van der Waals surface area contributed by atoms with E-state index < -0.39 is 28.1 Å². The van der Waals surface area contributed by atoms with Gasteiger partial charge in [0.05, 0.1) is 23.0 Å². The average Bonchev–Trinajstić information content (AvgIpc) is 3.01. The third-order valence-corrected chi connectivity index (χ3v) is 4.31. The van der Waals surface area contributed by atoms with Crippen LogP contribution in [0.3, 0.4) is 0 Å². The summed E-state index contributed by atoms with van der Waals surface area (Å²) >= 11 is 1.19. The van der Waals surface area contributed by atoms with Crippen molar-refractivity contribution in [3.63, 3.8) is 0 Å². The highest BCUT2D eigenvalue weighted by Gasteiger charge is 2.31. The molecule has 1 aromatic heterocycles. The van der Waals surface area contributed by atoms with Gasteiger partial charge in [0.25, 0.3) is 0 Å². The first-order valence-corrected chi connectivity index (χ1v) is 7.57. The van der Waals surface area contributed by atoms with Gasteiger partial charge in [-0.05, 0) is 31.2 Å². The zero-order chi connectivity index (χ0) is 17.9. The van der Waals surface area contributed by atoms with E-state index in [9.17, 15) is 25.0 Å². The number of ether oxygens (including phenoxy) is 1. The molecule has 0 fully saturated rings. The number of hydrogen-bond donors (Lipinski definition) is 0. The third-order valence-electron chi connectivity index (χ3n) is 3.30. The highest BCUT2D eigenvalue weighted by atomic mass is 32.1. The summed E-state index contributed by atoms with van der Waals surface area (Å²) in [7, 11) is 1.27. The summed E-state index contributed by atoms with van der Waals surface area (Å²) in [6.45, 7) is 1.80. The Kier molecular flexibility index (Phi) is 5.06. The highest BCUT2D eigenvalue weighted by molar-refractivity contribution is 7.14. The molecule has 0 aliphatic carbocycles. The molecular weight excluding hydrogens is 332 g/mol. The monoisotopic (exact) mass is 344 g/mol. The van der Waals surface area contributed by atoms with E-state index in [1.807, 2.05) is 0 Å². The average molecular weight is 344 g/mol. The van der Waals surface area contributed by atoms with Crippen LogP contribution in [0.25, 0.3) is 0 Å². The van der Waals surface area contributed by atoms with Crippen molar-refractivity contribution in [3.05, 3.63) is 55.8 Å². The first-order valence-electron chi connectivity index (χ1n) is 6.76. The Morgan fingerprint density at radius 2 is 2.00 bits per heavy atom. The molecule has 0 bridgehead atoms. The summed E-state index contributed by atoms with van der Waals surface area (Å²) in [5.74, 6) is -2.94. The number of methoxy groups -OCH3 is 1. The molecule has 2 rings (SSSR count). The topological polar surface area (TPSA) is 110 Å². The molecule has 0 spiro atoms. The van der Waals surface area contributed by atoms with E-state index in [-0.39, 0.29) is 11.3 Å². The fourth-order valence-corrected chi connectivity index (χ4v) is 2.94. The van der Waals surface area contributed by atoms with E-state index in [0.29, 0.717) is 4.88 Å². The molecule has 0 radical (unpaired) electrons. The van der Waals surface area contributed by atoms with Gasteiger partial charge in [-0.3, -0.25) is 19.7 Å². The first-order chi connectivity index (χ1) is 11.4. The van der Waals surface area contributed by atoms with E-state index in [1.165, 1.54) is 30.6 Å².